The molecule has 0 aliphatic heterocycles. The van der Waals surface area contributed by atoms with Crippen LogP contribution in [0.4, 0.5) is 0 Å². The van der Waals surface area contributed by atoms with E-state index in [-0.39, 0.29) is 12.3 Å². The first-order chi connectivity index (χ1) is 8.61. The van der Waals surface area contributed by atoms with Crippen LogP contribution in [0.2, 0.25) is 0 Å². The molecule has 0 unspecified atom stereocenters. The van der Waals surface area contributed by atoms with Crippen LogP contribution in [-0.2, 0) is 4.79 Å². The summed E-state index contributed by atoms with van der Waals surface area (Å²) in [5.41, 5.74) is -0.163. The second-order valence-corrected chi connectivity index (χ2v) is 4.85. The lowest BCUT2D eigenvalue weighted by Gasteiger charge is -2.36. The van der Waals surface area contributed by atoms with Gasteiger partial charge in [-0.15, -0.1) is 0 Å². The number of H-pyrrole nitrogens is 1. The van der Waals surface area contributed by atoms with Gasteiger partial charge in [0, 0.05) is 6.20 Å². The minimum Gasteiger partial charge on any atom is -0.481 e. The molecule has 0 atom stereocenters. The van der Waals surface area contributed by atoms with Crippen molar-refractivity contribution in [1.29, 1.82) is 0 Å². The quantitative estimate of drug-likeness (QED) is 0.752. The topological polar surface area (TPSA) is 95.1 Å². The maximum absolute atomic E-state index is 12.0. The van der Waals surface area contributed by atoms with Gasteiger partial charge in [-0.1, -0.05) is 19.3 Å². The number of carboxylic acid groups (broad SMARTS) is 1. The van der Waals surface area contributed by atoms with Crippen LogP contribution in [-0.4, -0.2) is 32.7 Å². The van der Waals surface area contributed by atoms with Crippen LogP contribution in [0.15, 0.2) is 12.4 Å². The summed E-state index contributed by atoms with van der Waals surface area (Å²) in [6.45, 7) is 0. The maximum Gasteiger partial charge on any atom is 0.305 e. The Morgan fingerprint density at radius 2 is 2.11 bits per heavy atom. The molecule has 1 saturated carbocycles. The summed E-state index contributed by atoms with van der Waals surface area (Å²) in [5, 5.41) is 18.2. The lowest BCUT2D eigenvalue weighted by Crippen LogP contribution is -2.51. The van der Waals surface area contributed by atoms with Crippen molar-refractivity contribution in [3.8, 4) is 0 Å². The molecule has 3 N–H and O–H groups in total. The van der Waals surface area contributed by atoms with E-state index in [2.05, 4.69) is 15.5 Å². The van der Waals surface area contributed by atoms with E-state index in [1.807, 2.05) is 0 Å². The van der Waals surface area contributed by atoms with Gasteiger partial charge in [0.15, 0.2) is 0 Å². The van der Waals surface area contributed by atoms with Crippen molar-refractivity contribution < 1.29 is 14.7 Å². The number of carboxylic acids is 1. The van der Waals surface area contributed by atoms with Gasteiger partial charge in [0.25, 0.3) is 5.91 Å². The number of carbonyl (C=O) groups is 2. The van der Waals surface area contributed by atoms with E-state index >= 15 is 0 Å². The molecule has 1 aromatic heterocycles. The summed E-state index contributed by atoms with van der Waals surface area (Å²) < 4.78 is 0. The molecule has 0 bridgehead atoms. The molecule has 0 saturated heterocycles. The van der Waals surface area contributed by atoms with Gasteiger partial charge in [0.05, 0.1) is 23.7 Å². The largest absolute Gasteiger partial charge is 0.481 e. The molecule has 0 radical (unpaired) electrons. The zero-order valence-corrected chi connectivity index (χ0v) is 10.1. The highest BCUT2D eigenvalue weighted by atomic mass is 16.4. The average Bonchev–Trinajstić information content (AvgIpc) is 2.82. The van der Waals surface area contributed by atoms with E-state index in [0.717, 1.165) is 32.1 Å². The van der Waals surface area contributed by atoms with Crippen molar-refractivity contribution in [3.05, 3.63) is 18.0 Å². The molecule has 98 valence electrons. The third kappa shape index (κ3) is 2.88. The van der Waals surface area contributed by atoms with Gasteiger partial charge in [-0.3, -0.25) is 14.7 Å². The lowest BCUT2D eigenvalue weighted by molar-refractivity contribution is -0.139. The first-order valence-corrected chi connectivity index (χ1v) is 6.14. The Balaban J connectivity index is 2.09. The fourth-order valence-corrected chi connectivity index (χ4v) is 2.55. The molecule has 0 spiro atoms. The number of hydrogen-bond acceptors (Lipinski definition) is 3. The fourth-order valence-electron chi connectivity index (χ4n) is 2.55. The minimum atomic E-state index is -0.871. The van der Waals surface area contributed by atoms with E-state index in [1.165, 1.54) is 12.4 Å². The first-order valence-electron chi connectivity index (χ1n) is 6.14. The highest BCUT2D eigenvalue weighted by molar-refractivity contribution is 5.94. The third-order valence-corrected chi connectivity index (χ3v) is 3.44. The molecular formula is C12H17N3O3. The van der Waals surface area contributed by atoms with Crippen LogP contribution in [0.5, 0.6) is 0 Å². The molecule has 1 heterocycles. The van der Waals surface area contributed by atoms with E-state index in [4.69, 9.17) is 5.11 Å². The number of aliphatic carboxylic acids is 1. The molecule has 0 aromatic carbocycles. The summed E-state index contributed by atoms with van der Waals surface area (Å²) in [5.74, 6) is -1.13. The third-order valence-electron chi connectivity index (χ3n) is 3.44. The summed E-state index contributed by atoms with van der Waals surface area (Å²) in [6.07, 6.45) is 7.39. The van der Waals surface area contributed by atoms with Gasteiger partial charge in [0.1, 0.15) is 0 Å². The van der Waals surface area contributed by atoms with E-state index < -0.39 is 11.5 Å². The number of rotatable bonds is 4. The number of amides is 1. The highest BCUT2D eigenvalue weighted by Crippen LogP contribution is 2.31. The summed E-state index contributed by atoms with van der Waals surface area (Å²) in [4.78, 5) is 23.0. The number of nitrogens with zero attached hydrogens (tertiary/aromatic N) is 1. The van der Waals surface area contributed by atoms with Gasteiger partial charge in [-0.05, 0) is 12.8 Å². The smallest absolute Gasteiger partial charge is 0.305 e. The number of aromatic amines is 1. The van der Waals surface area contributed by atoms with Crippen LogP contribution in [0.25, 0.3) is 0 Å². The van der Waals surface area contributed by atoms with Gasteiger partial charge in [-0.25, -0.2) is 0 Å². The Hall–Kier alpha value is -1.85. The zero-order valence-electron chi connectivity index (χ0n) is 10.1. The second-order valence-electron chi connectivity index (χ2n) is 4.85. The van der Waals surface area contributed by atoms with Gasteiger partial charge in [0.2, 0.25) is 0 Å². The van der Waals surface area contributed by atoms with E-state index in [0.29, 0.717) is 5.56 Å². The Kier molecular flexibility index (Phi) is 3.64. The van der Waals surface area contributed by atoms with Gasteiger partial charge in [-0.2, -0.15) is 5.10 Å². The van der Waals surface area contributed by atoms with Gasteiger partial charge < -0.3 is 10.4 Å². The first kappa shape index (κ1) is 12.6. The van der Waals surface area contributed by atoms with Crippen molar-refractivity contribution in [2.24, 2.45) is 0 Å². The van der Waals surface area contributed by atoms with Crippen LogP contribution in [0.1, 0.15) is 48.9 Å². The fraction of sp³-hybridized carbons (Fsp3) is 0.583. The Morgan fingerprint density at radius 3 is 2.67 bits per heavy atom. The standard InChI is InChI=1S/C12H17N3O3/c16-10(17)6-12(4-2-1-3-5-12)15-11(18)9-7-13-14-8-9/h7-8H,1-6H2,(H,13,14)(H,15,18)(H,16,17). The van der Waals surface area contributed by atoms with Crippen LogP contribution in [0, 0.1) is 0 Å². The summed E-state index contributed by atoms with van der Waals surface area (Å²) in [6, 6.07) is 0. The average molecular weight is 251 g/mol. The molecule has 1 aliphatic carbocycles. The Bertz CT molecular complexity index is 422. The molecular weight excluding hydrogens is 234 g/mol. The number of nitrogens with one attached hydrogen (secondary N) is 2. The number of aromatic nitrogens is 2. The number of hydrogen-bond donors (Lipinski definition) is 3. The van der Waals surface area contributed by atoms with Crippen LogP contribution >= 0.6 is 0 Å². The minimum absolute atomic E-state index is 0.0173. The normalized spacial score (nSPS) is 18.2. The molecule has 6 nitrogen and oxygen atoms in total. The molecule has 2 rings (SSSR count). The molecule has 1 fully saturated rings. The molecule has 1 amide bonds. The van der Waals surface area contributed by atoms with E-state index in [9.17, 15) is 9.59 Å². The summed E-state index contributed by atoms with van der Waals surface area (Å²) >= 11 is 0. The Morgan fingerprint density at radius 1 is 1.39 bits per heavy atom. The molecule has 18 heavy (non-hydrogen) atoms. The van der Waals surface area contributed by atoms with E-state index in [1.54, 1.807) is 0 Å². The predicted octanol–water partition coefficient (Wildman–Crippen LogP) is 1.32. The monoisotopic (exact) mass is 251 g/mol. The predicted molar refractivity (Wildman–Crippen MR) is 64.1 cm³/mol. The van der Waals surface area contributed by atoms with Crippen molar-refractivity contribution >= 4 is 11.9 Å². The van der Waals surface area contributed by atoms with Crippen LogP contribution in [0.3, 0.4) is 0 Å². The molecule has 1 aliphatic rings. The molecule has 1 aromatic rings. The van der Waals surface area contributed by atoms with Crippen molar-refractivity contribution in [2.75, 3.05) is 0 Å². The van der Waals surface area contributed by atoms with Gasteiger partial charge >= 0.3 is 5.97 Å². The highest BCUT2D eigenvalue weighted by Gasteiger charge is 2.36. The van der Waals surface area contributed by atoms with Crippen molar-refractivity contribution in [2.45, 2.75) is 44.1 Å². The van der Waals surface area contributed by atoms with Crippen LogP contribution < -0.4 is 5.32 Å². The second kappa shape index (κ2) is 5.20. The zero-order chi connectivity index (χ0) is 13.0. The maximum atomic E-state index is 12.0. The van der Waals surface area contributed by atoms with Crippen molar-refractivity contribution in [1.82, 2.24) is 15.5 Å². The number of carbonyl (C=O) groups excluding carboxylic acids is 1. The van der Waals surface area contributed by atoms with Crippen molar-refractivity contribution in [3.63, 3.8) is 0 Å². The SMILES string of the molecule is O=C(O)CC1(NC(=O)c2cn[nH]c2)CCCCC1. The Labute approximate surface area is 105 Å². The lowest BCUT2D eigenvalue weighted by atomic mass is 9.79. The molecule has 6 heteroatoms. The summed E-state index contributed by atoms with van der Waals surface area (Å²) in [7, 11) is 0.